The van der Waals surface area contributed by atoms with Gasteiger partial charge in [0.05, 0.1) is 5.56 Å². The standard InChI is InChI=1S/C17H20N2O3/c1-3-9-18(10-4-2)17(22)19-11-8-14-13(12-19)6-5-7-15(14)16(20)21/h3-7H,1-2,8-12H2,(H,20,21). The molecule has 0 fully saturated rings. The number of carboxylic acids is 1. The van der Waals surface area contributed by atoms with Crippen LogP contribution in [0.15, 0.2) is 43.5 Å². The van der Waals surface area contributed by atoms with Gasteiger partial charge in [0.2, 0.25) is 0 Å². The number of benzene rings is 1. The van der Waals surface area contributed by atoms with E-state index in [0.717, 1.165) is 11.1 Å². The first kappa shape index (κ1) is 15.8. The van der Waals surface area contributed by atoms with E-state index in [1.165, 1.54) is 0 Å². The summed E-state index contributed by atoms with van der Waals surface area (Å²) in [5, 5.41) is 9.23. The van der Waals surface area contributed by atoms with Gasteiger partial charge in [0.25, 0.3) is 0 Å². The van der Waals surface area contributed by atoms with Crippen LogP contribution in [0.3, 0.4) is 0 Å². The van der Waals surface area contributed by atoms with Crippen LogP contribution < -0.4 is 0 Å². The number of hydrogen-bond acceptors (Lipinski definition) is 2. The van der Waals surface area contributed by atoms with Gasteiger partial charge in [-0.05, 0) is 23.6 Å². The van der Waals surface area contributed by atoms with Crippen LogP contribution >= 0.6 is 0 Å². The number of aromatic carboxylic acids is 1. The Hall–Kier alpha value is -2.56. The average Bonchev–Trinajstić information content (AvgIpc) is 2.52. The number of hydrogen-bond donors (Lipinski definition) is 1. The maximum atomic E-state index is 12.5. The number of urea groups is 1. The first-order valence-electron chi connectivity index (χ1n) is 7.18. The highest BCUT2D eigenvalue weighted by Gasteiger charge is 2.26. The van der Waals surface area contributed by atoms with E-state index in [-0.39, 0.29) is 6.03 Å². The third-order valence-corrected chi connectivity index (χ3v) is 3.74. The van der Waals surface area contributed by atoms with Gasteiger partial charge in [0, 0.05) is 26.2 Å². The molecule has 0 bridgehead atoms. The highest BCUT2D eigenvalue weighted by molar-refractivity contribution is 5.90. The fraction of sp³-hybridized carbons (Fsp3) is 0.294. The molecular weight excluding hydrogens is 280 g/mol. The Kier molecular flexibility index (Phi) is 4.99. The molecule has 0 aliphatic carbocycles. The summed E-state index contributed by atoms with van der Waals surface area (Å²) in [6, 6.07) is 5.14. The van der Waals surface area contributed by atoms with E-state index >= 15 is 0 Å². The van der Waals surface area contributed by atoms with Crippen molar-refractivity contribution >= 4 is 12.0 Å². The van der Waals surface area contributed by atoms with Crippen molar-refractivity contribution in [2.45, 2.75) is 13.0 Å². The van der Waals surface area contributed by atoms with Crippen molar-refractivity contribution in [3.05, 3.63) is 60.2 Å². The second-order valence-electron chi connectivity index (χ2n) is 5.18. The van der Waals surface area contributed by atoms with Gasteiger partial charge in [-0.3, -0.25) is 0 Å². The number of amides is 2. The van der Waals surface area contributed by atoms with E-state index < -0.39 is 5.97 Å². The molecule has 1 aromatic rings. The maximum Gasteiger partial charge on any atom is 0.335 e. The molecule has 1 aromatic carbocycles. The Balaban J connectivity index is 2.19. The van der Waals surface area contributed by atoms with E-state index in [9.17, 15) is 14.7 Å². The SMILES string of the molecule is C=CCN(CC=C)C(=O)N1CCc2c(cccc2C(=O)O)C1. The summed E-state index contributed by atoms with van der Waals surface area (Å²) in [5.41, 5.74) is 2.06. The van der Waals surface area contributed by atoms with Crippen molar-refractivity contribution in [2.24, 2.45) is 0 Å². The zero-order valence-electron chi connectivity index (χ0n) is 12.5. The fourth-order valence-corrected chi connectivity index (χ4v) is 2.72. The molecule has 5 nitrogen and oxygen atoms in total. The van der Waals surface area contributed by atoms with Gasteiger partial charge in [0.1, 0.15) is 0 Å². The van der Waals surface area contributed by atoms with Gasteiger partial charge in [0.15, 0.2) is 0 Å². The number of carbonyl (C=O) groups is 2. The zero-order chi connectivity index (χ0) is 16.1. The van der Waals surface area contributed by atoms with E-state index in [4.69, 9.17) is 0 Å². The summed E-state index contributed by atoms with van der Waals surface area (Å²) in [4.78, 5) is 27.2. The summed E-state index contributed by atoms with van der Waals surface area (Å²) in [6.45, 7) is 9.20. The Bertz CT molecular complexity index is 600. The second-order valence-corrected chi connectivity index (χ2v) is 5.18. The molecule has 0 unspecified atom stereocenters. The highest BCUT2D eigenvalue weighted by atomic mass is 16.4. The maximum absolute atomic E-state index is 12.5. The minimum absolute atomic E-state index is 0.0776. The lowest BCUT2D eigenvalue weighted by Gasteiger charge is -2.33. The first-order chi connectivity index (χ1) is 10.6. The van der Waals surface area contributed by atoms with Gasteiger partial charge in [-0.1, -0.05) is 24.3 Å². The molecule has 2 amide bonds. The Morgan fingerprint density at radius 2 is 1.95 bits per heavy atom. The topological polar surface area (TPSA) is 60.9 Å². The smallest absolute Gasteiger partial charge is 0.335 e. The molecule has 0 radical (unpaired) electrons. The van der Waals surface area contributed by atoms with Crippen LogP contribution in [0.1, 0.15) is 21.5 Å². The molecule has 0 aromatic heterocycles. The van der Waals surface area contributed by atoms with Crippen molar-refractivity contribution in [2.75, 3.05) is 19.6 Å². The average molecular weight is 300 g/mol. The lowest BCUT2D eigenvalue weighted by Crippen LogP contribution is -2.45. The third-order valence-electron chi connectivity index (χ3n) is 3.74. The zero-order valence-corrected chi connectivity index (χ0v) is 12.5. The summed E-state index contributed by atoms with van der Waals surface area (Å²) in [6.07, 6.45) is 3.92. The first-order valence-corrected chi connectivity index (χ1v) is 7.18. The van der Waals surface area contributed by atoms with Gasteiger partial charge in [-0.25, -0.2) is 9.59 Å². The molecule has 0 saturated carbocycles. The van der Waals surface area contributed by atoms with Gasteiger partial charge < -0.3 is 14.9 Å². The molecule has 0 spiro atoms. The predicted molar refractivity (Wildman–Crippen MR) is 84.9 cm³/mol. The number of fused-ring (bicyclic) bond motifs is 1. The van der Waals surface area contributed by atoms with Crippen molar-refractivity contribution < 1.29 is 14.7 Å². The van der Waals surface area contributed by atoms with Gasteiger partial charge in [-0.2, -0.15) is 0 Å². The van der Waals surface area contributed by atoms with Crippen molar-refractivity contribution in [3.63, 3.8) is 0 Å². The van der Waals surface area contributed by atoms with Crippen LogP contribution in [0.4, 0.5) is 4.79 Å². The molecule has 1 heterocycles. The lowest BCUT2D eigenvalue weighted by atomic mass is 9.94. The van der Waals surface area contributed by atoms with Crippen LogP contribution in [-0.4, -0.2) is 46.5 Å². The Morgan fingerprint density at radius 1 is 1.27 bits per heavy atom. The highest BCUT2D eigenvalue weighted by Crippen LogP contribution is 2.23. The lowest BCUT2D eigenvalue weighted by molar-refractivity contribution is 0.0695. The normalized spacial score (nSPS) is 13.2. The van der Waals surface area contributed by atoms with Gasteiger partial charge in [-0.15, -0.1) is 13.2 Å². The van der Waals surface area contributed by atoms with Crippen LogP contribution in [0.5, 0.6) is 0 Å². The molecule has 0 atom stereocenters. The largest absolute Gasteiger partial charge is 0.478 e. The molecule has 1 N–H and O–H groups in total. The van der Waals surface area contributed by atoms with Crippen molar-refractivity contribution in [1.29, 1.82) is 0 Å². The number of nitrogens with zero attached hydrogens (tertiary/aromatic N) is 2. The van der Waals surface area contributed by atoms with Gasteiger partial charge >= 0.3 is 12.0 Å². The van der Waals surface area contributed by atoms with Crippen LogP contribution in [0, 0.1) is 0 Å². The molecule has 2 rings (SSSR count). The summed E-state index contributed by atoms with van der Waals surface area (Å²) in [5.74, 6) is -0.920. The summed E-state index contributed by atoms with van der Waals surface area (Å²) >= 11 is 0. The molecule has 22 heavy (non-hydrogen) atoms. The van der Waals surface area contributed by atoms with Crippen molar-refractivity contribution in [1.82, 2.24) is 9.80 Å². The third kappa shape index (κ3) is 3.19. The van der Waals surface area contributed by atoms with E-state index in [0.29, 0.717) is 38.2 Å². The molecule has 116 valence electrons. The monoisotopic (exact) mass is 300 g/mol. The van der Waals surface area contributed by atoms with Crippen LogP contribution in [0.25, 0.3) is 0 Å². The predicted octanol–water partition coefficient (Wildman–Crippen LogP) is 2.54. The summed E-state index contributed by atoms with van der Waals surface area (Å²) in [7, 11) is 0. The molecule has 0 saturated heterocycles. The minimum Gasteiger partial charge on any atom is -0.478 e. The Labute approximate surface area is 130 Å². The number of rotatable bonds is 5. The molecule has 5 heteroatoms. The van der Waals surface area contributed by atoms with Crippen molar-refractivity contribution in [3.8, 4) is 0 Å². The second kappa shape index (κ2) is 6.93. The molecular formula is C17H20N2O3. The van der Waals surface area contributed by atoms with E-state index in [2.05, 4.69) is 13.2 Å². The Morgan fingerprint density at radius 3 is 2.55 bits per heavy atom. The van der Waals surface area contributed by atoms with E-state index in [1.54, 1.807) is 34.1 Å². The minimum atomic E-state index is -0.920. The number of carbonyl (C=O) groups excluding carboxylic acids is 1. The quantitative estimate of drug-likeness (QED) is 0.850. The molecule has 1 aliphatic rings. The number of carboxylic acid groups (broad SMARTS) is 1. The molecule has 1 aliphatic heterocycles. The summed E-state index contributed by atoms with van der Waals surface area (Å²) < 4.78 is 0. The fourth-order valence-electron chi connectivity index (χ4n) is 2.72. The van der Waals surface area contributed by atoms with E-state index in [1.807, 2.05) is 6.07 Å². The van der Waals surface area contributed by atoms with Crippen LogP contribution in [0.2, 0.25) is 0 Å². The van der Waals surface area contributed by atoms with Crippen LogP contribution in [-0.2, 0) is 13.0 Å².